The zero-order valence-corrected chi connectivity index (χ0v) is 18.9. The Morgan fingerprint density at radius 2 is 0.897 bits per heavy atom. The first-order valence-corrected chi connectivity index (χ1v) is 11.3. The number of rotatable bonds is 3. The van der Waals surface area contributed by atoms with E-state index in [1.807, 2.05) is 24.3 Å². The Bertz CT molecular complexity index is 1000. The monoisotopic (exact) mass is 476 g/mol. The molecule has 0 aliphatic heterocycles. The van der Waals surface area contributed by atoms with Crippen LogP contribution in [0.4, 0.5) is 0 Å². The zero-order valence-electron chi connectivity index (χ0n) is 15.7. The topological polar surface area (TPSA) is 0 Å². The second kappa shape index (κ2) is 9.91. The highest BCUT2D eigenvalue weighted by atomic mass is 79.9. The lowest BCUT2D eigenvalue weighted by Crippen LogP contribution is -3.00. The summed E-state index contributed by atoms with van der Waals surface area (Å²) < 4.78 is 0. The fourth-order valence-corrected chi connectivity index (χ4v) is 6.84. The van der Waals surface area contributed by atoms with Crippen LogP contribution in [0.3, 0.4) is 0 Å². The van der Waals surface area contributed by atoms with Crippen LogP contribution in [0.15, 0.2) is 115 Å². The van der Waals surface area contributed by atoms with Gasteiger partial charge in [-0.25, -0.2) is 0 Å². The summed E-state index contributed by atoms with van der Waals surface area (Å²) in [5, 5.41) is 4.50. The minimum Gasteiger partial charge on any atom is -1.00 e. The molecule has 0 radical (unpaired) electrons. The Kier molecular flexibility index (Phi) is 7.29. The van der Waals surface area contributed by atoms with Crippen molar-refractivity contribution >= 4 is 34.8 Å². The number of halogens is 2. The van der Waals surface area contributed by atoms with Gasteiger partial charge >= 0.3 is 0 Å². The molecule has 0 aliphatic rings. The van der Waals surface area contributed by atoms with Gasteiger partial charge in [0.1, 0.15) is 15.9 Å². The second-order valence-corrected chi connectivity index (χ2v) is 9.97. The van der Waals surface area contributed by atoms with Crippen LogP contribution in [0.2, 0.25) is 5.02 Å². The van der Waals surface area contributed by atoms with Gasteiger partial charge in [-0.1, -0.05) is 66.2 Å². The number of benzene rings is 4. The minimum absolute atomic E-state index is 0. The van der Waals surface area contributed by atoms with E-state index in [4.69, 9.17) is 11.6 Å². The molecule has 0 aliphatic carbocycles. The molecule has 0 heterocycles. The average Bonchev–Trinajstić information content (AvgIpc) is 2.78. The van der Waals surface area contributed by atoms with Crippen LogP contribution >= 0.6 is 18.9 Å². The fourth-order valence-electron chi connectivity index (χ4n) is 3.28. The van der Waals surface area contributed by atoms with Crippen molar-refractivity contribution in [2.24, 2.45) is 0 Å². The van der Waals surface area contributed by atoms with Crippen LogP contribution in [0.25, 0.3) is 0 Å². The predicted octanol–water partition coefficient (Wildman–Crippen LogP) is 2.65. The van der Waals surface area contributed by atoms with Crippen LogP contribution in [0, 0.1) is 11.6 Å². The van der Waals surface area contributed by atoms with Crippen molar-refractivity contribution in [3.8, 4) is 11.6 Å². The summed E-state index contributed by atoms with van der Waals surface area (Å²) in [5.74, 6) is 3.45. The lowest BCUT2D eigenvalue weighted by atomic mass is 10.2. The van der Waals surface area contributed by atoms with Crippen molar-refractivity contribution in [3.63, 3.8) is 0 Å². The Labute approximate surface area is 188 Å². The van der Waals surface area contributed by atoms with Crippen molar-refractivity contribution in [1.82, 2.24) is 0 Å². The quantitative estimate of drug-likeness (QED) is 0.314. The zero-order chi connectivity index (χ0) is 19.2. The highest BCUT2D eigenvalue weighted by molar-refractivity contribution is 7.99. The van der Waals surface area contributed by atoms with Gasteiger partial charge in [0, 0.05) is 10.6 Å². The van der Waals surface area contributed by atoms with E-state index >= 15 is 0 Å². The van der Waals surface area contributed by atoms with E-state index in [0.29, 0.717) is 0 Å². The second-order valence-electron chi connectivity index (χ2n) is 6.42. The van der Waals surface area contributed by atoms with E-state index in [1.54, 1.807) is 0 Å². The summed E-state index contributed by atoms with van der Waals surface area (Å²) in [6, 6.07) is 39.7. The molecule has 3 heteroatoms. The Hall–Kier alpha value is -2.36. The van der Waals surface area contributed by atoms with E-state index in [-0.39, 0.29) is 17.0 Å². The van der Waals surface area contributed by atoms with Crippen LogP contribution in [-0.4, -0.2) is 0 Å². The molecule has 0 N–H and O–H groups in total. The SMILES string of the molecule is Clc1ccc(C#C[P+](c2ccccc2)(c2ccccc2)c2ccccc2)cc1.[Br-]. The van der Waals surface area contributed by atoms with Crippen molar-refractivity contribution in [2.45, 2.75) is 0 Å². The van der Waals surface area contributed by atoms with Crippen LogP contribution in [-0.2, 0) is 0 Å². The van der Waals surface area contributed by atoms with Crippen molar-refractivity contribution in [2.75, 3.05) is 0 Å². The van der Waals surface area contributed by atoms with Crippen LogP contribution in [0.1, 0.15) is 5.56 Å². The van der Waals surface area contributed by atoms with Gasteiger partial charge in [0.2, 0.25) is 0 Å². The number of hydrogen-bond acceptors (Lipinski definition) is 0. The summed E-state index contributed by atoms with van der Waals surface area (Å²) in [5.41, 5.74) is 4.70. The van der Waals surface area contributed by atoms with E-state index < -0.39 is 7.26 Å². The molecule has 4 aromatic rings. The third kappa shape index (κ3) is 4.63. The highest BCUT2D eigenvalue weighted by Gasteiger charge is 2.44. The smallest absolute Gasteiger partial charge is 0.189 e. The van der Waals surface area contributed by atoms with Gasteiger partial charge < -0.3 is 17.0 Å². The summed E-state index contributed by atoms with van der Waals surface area (Å²) in [7, 11) is -2.12. The van der Waals surface area contributed by atoms with E-state index in [1.165, 1.54) is 15.9 Å². The van der Waals surface area contributed by atoms with Gasteiger partial charge in [-0.05, 0) is 66.6 Å². The molecule has 29 heavy (non-hydrogen) atoms. The van der Waals surface area contributed by atoms with Gasteiger partial charge in [-0.3, -0.25) is 0 Å². The first-order valence-electron chi connectivity index (χ1n) is 9.14. The summed E-state index contributed by atoms with van der Waals surface area (Å²) >= 11 is 6.05. The average molecular weight is 478 g/mol. The standard InChI is InChI=1S/C26H19ClP.BrH/c27-23-18-16-22(17-19-23)20-21-28(24-10-4-1-5-11-24,25-12-6-2-7-13-25)26-14-8-3-9-15-26;/h1-19H;1H/q+1;/p-1. The van der Waals surface area contributed by atoms with Gasteiger partial charge in [0.05, 0.1) is 5.66 Å². The van der Waals surface area contributed by atoms with Gasteiger partial charge in [0.15, 0.2) is 7.26 Å². The highest BCUT2D eigenvalue weighted by Crippen LogP contribution is 2.54. The molecule has 142 valence electrons. The molecule has 0 spiro atoms. The molecule has 4 aromatic carbocycles. The fraction of sp³-hybridized carbons (Fsp3) is 0. The Morgan fingerprint density at radius 3 is 1.28 bits per heavy atom. The van der Waals surface area contributed by atoms with E-state index in [0.717, 1.165) is 10.6 Å². The molecule has 0 saturated carbocycles. The molecular formula is C26H19BrClP. The van der Waals surface area contributed by atoms with Crippen molar-refractivity contribution in [1.29, 1.82) is 0 Å². The van der Waals surface area contributed by atoms with Crippen molar-refractivity contribution < 1.29 is 17.0 Å². The van der Waals surface area contributed by atoms with E-state index in [2.05, 4.69) is 103 Å². The van der Waals surface area contributed by atoms with Crippen molar-refractivity contribution in [3.05, 3.63) is 126 Å². The normalized spacial score (nSPS) is 10.4. The van der Waals surface area contributed by atoms with Crippen LogP contribution in [0.5, 0.6) is 0 Å². The summed E-state index contributed by atoms with van der Waals surface area (Å²) in [6.07, 6.45) is 0. The molecule has 0 amide bonds. The maximum absolute atomic E-state index is 6.05. The molecule has 0 unspecified atom stereocenters. The first kappa shape index (κ1) is 21.4. The third-order valence-electron chi connectivity index (χ3n) is 4.64. The van der Waals surface area contributed by atoms with Gasteiger partial charge in [0.25, 0.3) is 0 Å². The molecule has 0 saturated heterocycles. The maximum Gasteiger partial charge on any atom is 0.189 e. The minimum atomic E-state index is -2.12. The maximum atomic E-state index is 6.05. The third-order valence-corrected chi connectivity index (χ3v) is 8.56. The Balaban J connectivity index is 0.00000240. The predicted molar refractivity (Wildman–Crippen MR) is 123 cm³/mol. The molecule has 0 nitrogen and oxygen atoms in total. The lowest BCUT2D eigenvalue weighted by Gasteiger charge is -2.21. The molecular weight excluding hydrogens is 459 g/mol. The summed E-state index contributed by atoms with van der Waals surface area (Å²) in [4.78, 5) is 0. The van der Waals surface area contributed by atoms with Gasteiger partial charge in [-0.15, -0.1) is 0 Å². The summed E-state index contributed by atoms with van der Waals surface area (Å²) in [6.45, 7) is 0. The Morgan fingerprint density at radius 1 is 0.517 bits per heavy atom. The first-order chi connectivity index (χ1) is 13.8. The molecule has 0 aromatic heterocycles. The molecule has 0 bridgehead atoms. The number of hydrogen-bond donors (Lipinski definition) is 0. The van der Waals surface area contributed by atoms with Crippen LogP contribution < -0.4 is 32.9 Å². The molecule has 0 atom stereocenters. The molecule has 0 fully saturated rings. The largest absolute Gasteiger partial charge is 1.00 e. The molecule has 4 rings (SSSR count). The lowest BCUT2D eigenvalue weighted by molar-refractivity contribution is -0.00000523. The van der Waals surface area contributed by atoms with Gasteiger partial charge in [-0.2, -0.15) is 0 Å². The van der Waals surface area contributed by atoms with E-state index in [9.17, 15) is 0 Å².